The zero-order valence-corrected chi connectivity index (χ0v) is 19.5. The van der Waals surface area contributed by atoms with Gasteiger partial charge < -0.3 is 4.98 Å². The molecule has 0 amide bonds. The van der Waals surface area contributed by atoms with Crippen LogP contribution >= 0.6 is 0 Å². The molecule has 0 atom stereocenters. The zero-order valence-electron chi connectivity index (χ0n) is 18.7. The molecule has 0 saturated carbocycles. The van der Waals surface area contributed by atoms with Gasteiger partial charge in [0.25, 0.3) is 10.1 Å². The number of fused-ring (bicyclic) bond motifs is 1. The van der Waals surface area contributed by atoms with Crippen LogP contribution in [0, 0.1) is 0 Å². The van der Waals surface area contributed by atoms with Crippen LogP contribution in [0.15, 0.2) is 23.1 Å². The van der Waals surface area contributed by atoms with E-state index in [0.29, 0.717) is 5.52 Å². The third kappa shape index (κ3) is 11.9. The van der Waals surface area contributed by atoms with Crippen molar-refractivity contribution in [1.82, 2.24) is 9.97 Å². The van der Waals surface area contributed by atoms with Crippen molar-refractivity contribution >= 4 is 50.7 Å². The molecule has 7 heteroatoms. The summed E-state index contributed by atoms with van der Waals surface area (Å²) in [5.41, 5.74) is 1.39. The van der Waals surface area contributed by atoms with Crippen molar-refractivity contribution < 1.29 is 13.0 Å². The van der Waals surface area contributed by atoms with Crippen molar-refractivity contribution in [3.8, 4) is 0 Å². The van der Waals surface area contributed by atoms with Gasteiger partial charge in [-0.2, -0.15) is 8.42 Å². The number of nitrogens with zero attached hydrogens (tertiary/aromatic N) is 1. The van der Waals surface area contributed by atoms with E-state index in [1.54, 1.807) is 6.07 Å². The molecule has 31 heavy (non-hydrogen) atoms. The number of hydrogen-bond donors (Lipinski definition) is 2. The van der Waals surface area contributed by atoms with Gasteiger partial charge in [0.05, 0.1) is 15.9 Å². The average molecular weight is 461 g/mol. The van der Waals surface area contributed by atoms with Crippen LogP contribution in [0.1, 0.15) is 109 Å². The molecular weight excluding hydrogens is 419 g/mol. The van der Waals surface area contributed by atoms with Crippen LogP contribution in [0.4, 0.5) is 0 Å². The Morgan fingerprint density at radius 1 is 0.806 bits per heavy atom. The van der Waals surface area contributed by atoms with E-state index < -0.39 is 10.1 Å². The van der Waals surface area contributed by atoms with Crippen molar-refractivity contribution in [3.05, 3.63) is 24.0 Å². The van der Waals surface area contributed by atoms with E-state index in [0.717, 1.165) is 24.2 Å². The molecular formula is C24H41N2NaO3S. The molecule has 0 aliphatic rings. The number of hydrogen-bond acceptors (Lipinski definition) is 3. The van der Waals surface area contributed by atoms with Crippen LogP contribution in [0.2, 0.25) is 0 Å². The van der Waals surface area contributed by atoms with Crippen molar-refractivity contribution in [3.63, 3.8) is 0 Å². The number of unbranched alkanes of at least 4 members (excludes halogenated alkanes) is 14. The van der Waals surface area contributed by atoms with Crippen LogP contribution in [0.5, 0.6) is 0 Å². The molecule has 0 radical (unpaired) electrons. The van der Waals surface area contributed by atoms with Gasteiger partial charge in [-0.1, -0.05) is 96.8 Å². The van der Waals surface area contributed by atoms with Gasteiger partial charge in [-0.15, -0.1) is 0 Å². The quantitative estimate of drug-likeness (QED) is 0.159. The Morgan fingerprint density at radius 3 is 1.77 bits per heavy atom. The monoisotopic (exact) mass is 460 g/mol. The summed E-state index contributed by atoms with van der Waals surface area (Å²) >= 11 is 0. The Balaban J connectivity index is 0.00000480. The summed E-state index contributed by atoms with van der Waals surface area (Å²) < 4.78 is 31.6. The van der Waals surface area contributed by atoms with Crippen LogP contribution in [-0.4, -0.2) is 52.5 Å². The molecule has 0 unspecified atom stereocenters. The van der Waals surface area contributed by atoms with Crippen LogP contribution in [0.25, 0.3) is 11.0 Å². The molecule has 172 valence electrons. The molecule has 1 aromatic carbocycles. The second kappa shape index (κ2) is 16.2. The molecule has 2 aromatic rings. The third-order valence-electron chi connectivity index (χ3n) is 5.82. The first-order valence-electron chi connectivity index (χ1n) is 12.0. The van der Waals surface area contributed by atoms with E-state index in [4.69, 9.17) is 4.55 Å². The molecule has 0 saturated heterocycles. The summed E-state index contributed by atoms with van der Waals surface area (Å²) in [6, 6.07) is 4.45. The van der Waals surface area contributed by atoms with Gasteiger partial charge in [0.2, 0.25) is 0 Å². The molecule has 1 heterocycles. The maximum absolute atomic E-state index is 11.2. The predicted octanol–water partition coefficient (Wildman–Crippen LogP) is 6.58. The van der Waals surface area contributed by atoms with E-state index in [1.165, 1.54) is 102 Å². The number of benzene rings is 1. The summed E-state index contributed by atoms with van der Waals surface area (Å²) in [5.74, 6) is 0.882. The zero-order chi connectivity index (χ0) is 21.7. The van der Waals surface area contributed by atoms with Crippen LogP contribution < -0.4 is 0 Å². The van der Waals surface area contributed by atoms with E-state index in [-0.39, 0.29) is 34.5 Å². The first-order chi connectivity index (χ1) is 14.5. The number of rotatable bonds is 17. The molecule has 0 bridgehead atoms. The number of aryl methyl sites for hydroxylation is 1. The molecule has 1 aromatic heterocycles. The topological polar surface area (TPSA) is 83.1 Å². The van der Waals surface area contributed by atoms with Crippen molar-refractivity contribution in [2.24, 2.45) is 0 Å². The van der Waals surface area contributed by atoms with Crippen molar-refractivity contribution in [2.45, 2.75) is 115 Å². The Morgan fingerprint density at radius 2 is 1.29 bits per heavy atom. The fraction of sp³-hybridized carbons (Fsp3) is 0.708. The van der Waals surface area contributed by atoms with Crippen molar-refractivity contribution in [1.29, 1.82) is 0 Å². The Kier molecular flexibility index (Phi) is 15.0. The Hall–Kier alpha value is -0.400. The van der Waals surface area contributed by atoms with E-state index in [1.807, 2.05) is 0 Å². The van der Waals surface area contributed by atoms with Gasteiger partial charge in [-0.05, 0) is 24.6 Å². The summed E-state index contributed by atoms with van der Waals surface area (Å²) in [4.78, 5) is 7.58. The van der Waals surface area contributed by atoms with Gasteiger partial charge >= 0.3 is 29.6 Å². The summed E-state index contributed by atoms with van der Waals surface area (Å²) in [6.45, 7) is 2.27. The van der Waals surface area contributed by atoms with E-state index in [9.17, 15) is 8.42 Å². The van der Waals surface area contributed by atoms with E-state index in [2.05, 4.69) is 16.9 Å². The summed E-state index contributed by atoms with van der Waals surface area (Å²) in [5, 5.41) is 0. The number of H-pyrrole nitrogens is 1. The second-order valence-electron chi connectivity index (χ2n) is 8.54. The van der Waals surface area contributed by atoms with Gasteiger partial charge in [0, 0.05) is 6.42 Å². The van der Waals surface area contributed by atoms with Crippen molar-refractivity contribution in [2.75, 3.05) is 0 Å². The molecule has 2 rings (SSSR count). The Bertz CT molecular complexity index is 836. The summed E-state index contributed by atoms with van der Waals surface area (Å²) in [7, 11) is -4.18. The van der Waals surface area contributed by atoms with Gasteiger partial charge in [-0.25, -0.2) is 4.98 Å². The number of imidazole rings is 1. The first kappa shape index (κ1) is 28.6. The molecule has 0 aliphatic heterocycles. The van der Waals surface area contributed by atoms with Gasteiger partial charge in [0.1, 0.15) is 5.82 Å². The SMILES string of the molecule is CCCCCCCCCCCCCCCCCc1nc2ccc(S(=O)(=O)O)cc2[nH]1.[NaH]. The normalized spacial score (nSPS) is 11.7. The third-order valence-corrected chi connectivity index (χ3v) is 6.67. The molecule has 0 spiro atoms. The fourth-order valence-corrected chi connectivity index (χ4v) is 4.49. The van der Waals surface area contributed by atoms with Crippen LogP contribution in [-0.2, 0) is 16.5 Å². The minimum atomic E-state index is -4.18. The number of nitrogens with one attached hydrogen (secondary N) is 1. The molecule has 0 aliphatic carbocycles. The van der Waals surface area contributed by atoms with Gasteiger partial charge in [-0.3, -0.25) is 4.55 Å². The number of aromatic nitrogens is 2. The minimum absolute atomic E-state index is 0. The second-order valence-corrected chi connectivity index (χ2v) is 9.96. The summed E-state index contributed by atoms with van der Waals surface area (Å²) in [6.07, 6.45) is 21.1. The predicted molar refractivity (Wildman–Crippen MR) is 132 cm³/mol. The number of aromatic amines is 1. The first-order valence-corrected chi connectivity index (χ1v) is 13.4. The maximum atomic E-state index is 11.2. The molecule has 2 N–H and O–H groups in total. The Labute approximate surface area is 211 Å². The van der Waals surface area contributed by atoms with Gasteiger partial charge in [0.15, 0.2) is 0 Å². The fourth-order valence-electron chi connectivity index (χ4n) is 3.98. The molecule has 5 nitrogen and oxygen atoms in total. The van der Waals surface area contributed by atoms with Crippen LogP contribution in [0.3, 0.4) is 0 Å². The van der Waals surface area contributed by atoms with E-state index >= 15 is 0 Å². The average Bonchev–Trinajstić information content (AvgIpc) is 3.12. The standard InChI is InChI=1S/C24H40N2O3S.Na.H/c1-2-3-4-5-6-7-8-9-10-11-12-13-14-15-16-17-24-25-22-19-18-21(30(27,28)29)20-23(22)26-24;;/h18-20H,2-17H2,1H3,(H,25,26)(H,27,28,29);;. The molecule has 0 fully saturated rings.